The first kappa shape index (κ1) is 17.3. The Morgan fingerprint density at radius 3 is 2.62 bits per heavy atom. The van der Waals surface area contributed by atoms with Crippen LogP contribution in [0.4, 0.5) is 26.2 Å². The molecule has 3 rings (SSSR count). The number of amides is 3. The second-order valence-corrected chi connectivity index (χ2v) is 5.79. The highest BCUT2D eigenvalue weighted by Gasteiger charge is 2.31. The summed E-state index contributed by atoms with van der Waals surface area (Å²) in [5, 5.41) is 15.8. The Bertz CT molecular complexity index is 856. The average Bonchev–Trinajstić information content (AvgIpc) is 2.95. The number of carbonyl (C=O) groups excluding carboxylic acids is 2. The van der Waals surface area contributed by atoms with Gasteiger partial charge in [0.25, 0.3) is 5.69 Å². The molecular weight excluding hydrogens is 343 g/mol. The van der Waals surface area contributed by atoms with Gasteiger partial charge in [-0.1, -0.05) is 6.07 Å². The van der Waals surface area contributed by atoms with Gasteiger partial charge < -0.3 is 15.5 Å². The number of hydrogen-bond acceptors (Lipinski definition) is 4. The summed E-state index contributed by atoms with van der Waals surface area (Å²) in [6.07, 6.45) is 0.101. The van der Waals surface area contributed by atoms with Gasteiger partial charge in [-0.2, -0.15) is 0 Å². The maximum Gasteiger partial charge on any atom is 0.319 e. The van der Waals surface area contributed by atoms with Crippen molar-refractivity contribution in [2.45, 2.75) is 12.5 Å². The first-order valence-electron chi connectivity index (χ1n) is 7.80. The van der Waals surface area contributed by atoms with Gasteiger partial charge in [0.15, 0.2) is 0 Å². The number of halogens is 1. The number of nitro benzene ring substituents is 1. The van der Waals surface area contributed by atoms with E-state index in [1.54, 1.807) is 6.07 Å². The lowest BCUT2D eigenvalue weighted by molar-refractivity contribution is -0.384. The van der Waals surface area contributed by atoms with Crippen LogP contribution in [0.15, 0.2) is 48.5 Å². The van der Waals surface area contributed by atoms with Crippen LogP contribution in [0.25, 0.3) is 0 Å². The van der Waals surface area contributed by atoms with Crippen LogP contribution >= 0.6 is 0 Å². The predicted octanol–water partition coefficient (Wildman–Crippen LogP) is 2.66. The molecule has 1 fully saturated rings. The van der Waals surface area contributed by atoms with Gasteiger partial charge in [0, 0.05) is 36.5 Å². The first-order chi connectivity index (χ1) is 12.4. The van der Waals surface area contributed by atoms with E-state index in [0.717, 1.165) is 0 Å². The molecule has 1 heterocycles. The molecule has 1 saturated heterocycles. The SMILES string of the molecule is O=C(Nc1ccc([N+](=O)[O-])cc1)NC1CC(=O)N(c2cccc(F)c2)C1. The molecule has 9 heteroatoms. The molecule has 0 bridgehead atoms. The lowest BCUT2D eigenvalue weighted by Crippen LogP contribution is -2.39. The highest BCUT2D eigenvalue weighted by atomic mass is 19.1. The summed E-state index contributed by atoms with van der Waals surface area (Å²) in [6.45, 7) is 0.232. The molecule has 2 aromatic carbocycles. The van der Waals surface area contributed by atoms with Gasteiger partial charge in [0.2, 0.25) is 5.91 Å². The van der Waals surface area contributed by atoms with Crippen molar-refractivity contribution in [2.24, 2.45) is 0 Å². The van der Waals surface area contributed by atoms with E-state index in [0.29, 0.717) is 11.4 Å². The van der Waals surface area contributed by atoms with Gasteiger partial charge in [0.1, 0.15) is 5.82 Å². The highest BCUT2D eigenvalue weighted by Crippen LogP contribution is 2.22. The van der Waals surface area contributed by atoms with Crippen LogP contribution < -0.4 is 15.5 Å². The minimum atomic E-state index is -0.533. The molecule has 1 aliphatic heterocycles. The molecule has 0 saturated carbocycles. The van der Waals surface area contributed by atoms with Gasteiger partial charge in [-0.15, -0.1) is 0 Å². The molecule has 1 aliphatic rings. The van der Waals surface area contributed by atoms with E-state index in [2.05, 4.69) is 10.6 Å². The zero-order chi connectivity index (χ0) is 18.7. The van der Waals surface area contributed by atoms with Gasteiger partial charge in [-0.05, 0) is 30.3 Å². The third kappa shape index (κ3) is 3.94. The molecule has 3 amide bonds. The summed E-state index contributed by atoms with van der Waals surface area (Å²) in [6, 6.07) is 10.1. The number of anilines is 2. The van der Waals surface area contributed by atoms with Gasteiger partial charge in [-0.25, -0.2) is 9.18 Å². The Morgan fingerprint density at radius 2 is 1.96 bits per heavy atom. The van der Waals surface area contributed by atoms with Crippen LogP contribution in [0.3, 0.4) is 0 Å². The summed E-state index contributed by atoms with van der Waals surface area (Å²) < 4.78 is 13.3. The van der Waals surface area contributed by atoms with Gasteiger partial charge >= 0.3 is 6.03 Å². The molecule has 1 atom stereocenters. The van der Waals surface area contributed by atoms with Crippen LogP contribution in [0.5, 0.6) is 0 Å². The van der Waals surface area contributed by atoms with E-state index in [4.69, 9.17) is 0 Å². The Kier molecular flexibility index (Phi) is 4.78. The van der Waals surface area contributed by atoms with Crippen molar-refractivity contribution in [3.63, 3.8) is 0 Å². The van der Waals surface area contributed by atoms with Crippen molar-refractivity contribution >= 4 is 29.0 Å². The van der Waals surface area contributed by atoms with E-state index < -0.39 is 22.8 Å². The average molecular weight is 358 g/mol. The van der Waals surface area contributed by atoms with Crippen LogP contribution in [-0.4, -0.2) is 29.4 Å². The van der Waals surface area contributed by atoms with E-state index >= 15 is 0 Å². The third-order valence-electron chi connectivity index (χ3n) is 3.92. The minimum absolute atomic E-state index is 0.0805. The molecule has 0 aromatic heterocycles. The largest absolute Gasteiger partial charge is 0.333 e. The van der Waals surface area contributed by atoms with E-state index in [1.165, 1.54) is 47.4 Å². The molecule has 0 aliphatic carbocycles. The van der Waals surface area contributed by atoms with Crippen molar-refractivity contribution in [2.75, 3.05) is 16.8 Å². The maximum absolute atomic E-state index is 13.3. The molecule has 8 nitrogen and oxygen atoms in total. The van der Waals surface area contributed by atoms with E-state index in [1.807, 2.05) is 0 Å². The smallest absolute Gasteiger partial charge is 0.319 e. The van der Waals surface area contributed by atoms with Crippen molar-refractivity contribution < 1.29 is 18.9 Å². The number of nitrogens with one attached hydrogen (secondary N) is 2. The molecular formula is C17H15FN4O4. The summed E-state index contributed by atoms with van der Waals surface area (Å²) in [5.41, 5.74) is 0.748. The minimum Gasteiger partial charge on any atom is -0.333 e. The Morgan fingerprint density at radius 1 is 1.23 bits per heavy atom. The fraction of sp³-hybridized carbons (Fsp3) is 0.176. The van der Waals surface area contributed by atoms with Crippen molar-refractivity contribution in [1.29, 1.82) is 0 Å². The molecule has 26 heavy (non-hydrogen) atoms. The summed E-state index contributed by atoms with van der Waals surface area (Å²) in [5.74, 6) is -0.654. The summed E-state index contributed by atoms with van der Waals surface area (Å²) >= 11 is 0. The fourth-order valence-corrected chi connectivity index (χ4v) is 2.72. The number of carbonyl (C=O) groups is 2. The van der Waals surface area contributed by atoms with Crippen molar-refractivity contribution in [3.05, 3.63) is 64.5 Å². The number of rotatable bonds is 4. The maximum atomic E-state index is 13.3. The van der Waals surface area contributed by atoms with Crippen LogP contribution in [0.2, 0.25) is 0 Å². The number of urea groups is 1. The van der Waals surface area contributed by atoms with Gasteiger partial charge in [0.05, 0.1) is 11.0 Å². The number of hydrogen-bond donors (Lipinski definition) is 2. The zero-order valence-corrected chi connectivity index (χ0v) is 13.5. The monoisotopic (exact) mass is 358 g/mol. The normalized spacial score (nSPS) is 16.4. The predicted molar refractivity (Wildman–Crippen MR) is 92.4 cm³/mol. The number of nitro groups is 1. The Labute approximate surface area is 147 Å². The highest BCUT2D eigenvalue weighted by molar-refractivity contribution is 5.97. The van der Waals surface area contributed by atoms with E-state index in [9.17, 15) is 24.1 Å². The summed E-state index contributed by atoms with van der Waals surface area (Å²) in [7, 11) is 0. The Balaban J connectivity index is 1.58. The lowest BCUT2D eigenvalue weighted by Gasteiger charge is -2.17. The molecule has 134 valence electrons. The standard InChI is InChI=1S/C17H15FN4O4/c18-11-2-1-3-15(8-11)21-10-13(9-16(21)23)20-17(24)19-12-4-6-14(7-5-12)22(25)26/h1-8,13H,9-10H2,(H2,19,20,24). The molecule has 0 radical (unpaired) electrons. The van der Waals surface area contributed by atoms with Crippen molar-refractivity contribution in [1.82, 2.24) is 5.32 Å². The quantitative estimate of drug-likeness (QED) is 0.647. The topological polar surface area (TPSA) is 105 Å². The molecule has 1 unspecified atom stereocenters. The zero-order valence-electron chi connectivity index (χ0n) is 13.5. The number of non-ortho nitro benzene ring substituents is 1. The molecule has 2 N–H and O–H groups in total. The van der Waals surface area contributed by atoms with Gasteiger partial charge in [-0.3, -0.25) is 14.9 Å². The number of benzene rings is 2. The molecule has 2 aromatic rings. The van der Waals surface area contributed by atoms with Crippen LogP contribution in [0, 0.1) is 15.9 Å². The fourth-order valence-electron chi connectivity index (χ4n) is 2.72. The molecule has 0 spiro atoms. The van der Waals surface area contributed by atoms with E-state index in [-0.39, 0.29) is 24.6 Å². The number of nitrogens with zero attached hydrogens (tertiary/aromatic N) is 2. The second kappa shape index (κ2) is 7.18. The third-order valence-corrected chi connectivity index (χ3v) is 3.92. The summed E-state index contributed by atoms with van der Waals surface area (Å²) in [4.78, 5) is 35.6. The first-order valence-corrected chi connectivity index (χ1v) is 7.80. The van der Waals surface area contributed by atoms with Crippen molar-refractivity contribution in [3.8, 4) is 0 Å². The lowest BCUT2D eigenvalue weighted by atomic mass is 10.2. The Hall–Kier alpha value is -3.49. The second-order valence-electron chi connectivity index (χ2n) is 5.79. The van der Waals surface area contributed by atoms with Crippen LogP contribution in [0.1, 0.15) is 6.42 Å². The van der Waals surface area contributed by atoms with Crippen LogP contribution in [-0.2, 0) is 4.79 Å².